The lowest BCUT2D eigenvalue weighted by molar-refractivity contribution is -0.121. The number of anilines is 1. The van der Waals surface area contributed by atoms with Crippen LogP contribution < -0.4 is 10.2 Å². The number of rotatable bonds is 6. The number of carbonyl (C=O) groups excluding carboxylic acids is 1. The molecule has 0 aliphatic carbocycles. The van der Waals surface area contributed by atoms with Crippen LogP contribution in [0.25, 0.3) is 0 Å². The summed E-state index contributed by atoms with van der Waals surface area (Å²) < 4.78 is 0. The van der Waals surface area contributed by atoms with Crippen molar-refractivity contribution < 1.29 is 4.79 Å². The molecule has 0 radical (unpaired) electrons. The first-order valence-electron chi connectivity index (χ1n) is 6.70. The fourth-order valence-electron chi connectivity index (χ4n) is 1.89. The van der Waals surface area contributed by atoms with Crippen LogP contribution in [0.4, 0.5) is 5.69 Å². The molecule has 3 nitrogen and oxygen atoms in total. The minimum atomic E-state index is 0.107. The van der Waals surface area contributed by atoms with Crippen molar-refractivity contribution in [1.82, 2.24) is 5.32 Å². The first kappa shape index (κ1) is 14.6. The van der Waals surface area contributed by atoms with Gasteiger partial charge in [-0.3, -0.25) is 4.79 Å². The molecule has 1 aromatic heterocycles. The van der Waals surface area contributed by atoms with E-state index >= 15 is 0 Å². The number of nitrogens with zero attached hydrogens (tertiary/aromatic N) is 1. The van der Waals surface area contributed by atoms with Gasteiger partial charge in [0.25, 0.3) is 0 Å². The Kier molecular flexibility index (Phi) is 5.18. The van der Waals surface area contributed by atoms with Gasteiger partial charge in [0, 0.05) is 37.6 Å². The van der Waals surface area contributed by atoms with Crippen LogP contribution in [-0.4, -0.2) is 20.0 Å². The Hall–Kier alpha value is -1.81. The lowest BCUT2D eigenvalue weighted by atomic mass is 10.2. The Morgan fingerprint density at radius 3 is 2.55 bits per heavy atom. The maximum absolute atomic E-state index is 11.8. The van der Waals surface area contributed by atoms with Crippen molar-refractivity contribution in [2.75, 3.05) is 19.0 Å². The van der Waals surface area contributed by atoms with E-state index in [4.69, 9.17) is 0 Å². The number of hydrogen-bond acceptors (Lipinski definition) is 3. The van der Waals surface area contributed by atoms with E-state index in [0.717, 1.165) is 17.7 Å². The molecule has 0 saturated carbocycles. The zero-order valence-electron chi connectivity index (χ0n) is 11.9. The van der Waals surface area contributed by atoms with Gasteiger partial charge in [0.15, 0.2) is 0 Å². The molecule has 0 spiro atoms. The van der Waals surface area contributed by atoms with Crippen LogP contribution in [-0.2, 0) is 17.8 Å². The number of nitrogens with one attached hydrogen (secondary N) is 1. The fraction of sp³-hybridized carbons (Fsp3) is 0.312. The molecule has 106 valence electrons. The summed E-state index contributed by atoms with van der Waals surface area (Å²) >= 11 is 1.70. The molecule has 0 aliphatic heterocycles. The summed E-state index contributed by atoms with van der Waals surface area (Å²) in [6, 6.07) is 12.3. The Morgan fingerprint density at radius 1 is 1.20 bits per heavy atom. The van der Waals surface area contributed by atoms with Crippen LogP contribution in [0, 0.1) is 0 Å². The average molecular weight is 288 g/mol. The Labute approximate surface area is 124 Å². The van der Waals surface area contributed by atoms with Gasteiger partial charge in [-0.1, -0.05) is 18.2 Å². The summed E-state index contributed by atoms with van der Waals surface area (Å²) in [4.78, 5) is 15.1. The molecular formula is C16H20N2OS. The molecular weight excluding hydrogens is 268 g/mol. The van der Waals surface area contributed by atoms with Crippen LogP contribution in [0.1, 0.15) is 16.9 Å². The summed E-state index contributed by atoms with van der Waals surface area (Å²) in [6.07, 6.45) is 1.37. The molecule has 4 heteroatoms. The number of aryl methyl sites for hydroxylation is 1. The minimum absolute atomic E-state index is 0.107. The summed E-state index contributed by atoms with van der Waals surface area (Å²) in [5.41, 5.74) is 2.29. The topological polar surface area (TPSA) is 32.3 Å². The van der Waals surface area contributed by atoms with Crippen LogP contribution in [0.5, 0.6) is 0 Å². The molecule has 0 bridgehead atoms. The standard InChI is InChI=1S/C16H20N2OS/c1-18(2)14-7-5-13(6-8-14)12-17-16(19)10-9-15-4-3-11-20-15/h3-8,11H,9-10,12H2,1-2H3,(H,17,19). The molecule has 20 heavy (non-hydrogen) atoms. The number of carbonyl (C=O) groups is 1. The quantitative estimate of drug-likeness (QED) is 0.886. The third-order valence-corrected chi connectivity index (χ3v) is 4.06. The third kappa shape index (κ3) is 4.38. The van der Waals surface area contributed by atoms with E-state index in [1.165, 1.54) is 4.88 Å². The second kappa shape index (κ2) is 7.10. The van der Waals surface area contributed by atoms with E-state index in [1.807, 2.05) is 25.5 Å². The van der Waals surface area contributed by atoms with Gasteiger partial charge in [-0.15, -0.1) is 11.3 Å². The van der Waals surface area contributed by atoms with Crippen molar-refractivity contribution in [3.8, 4) is 0 Å². The van der Waals surface area contributed by atoms with Gasteiger partial charge in [0.05, 0.1) is 0 Å². The van der Waals surface area contributed by atoms with Gasteiger partial charge in [-0.25, -0.2) is 0 Å². The SMILES string of the molecule is CN(C)c1ccc(CNC(=O)CCc2cccs2)cc1. The summed E-state index contributed by atoms with van der Waals surface area (Å²) in [6.45, 7) is 0.594. The molecule has 1 aromatic carbocycles. The molecule has 1 amide bonds. The molecule has 1 N–H and O–H groups in total. The summed E-state index contributed by atoms with van der Waals surface area (Å²) in [5.74, 6) is 0.107. The number of amides is 1. The smallest absolute Gasteiger partial charge is 0.220 e. The highest BCUT2D eigenvalue weighted by Gasteiger charge is 2.03. The molecule has 0 unspecified atom stereocenters. The summed E-state index contributed by atoms with van der Waals surface area (Å²) in [5, 5.41) is 5.00. The van der Waals surface area contributed by atoms with E-state index in [0.29, 0.717) is 13.0 Å². The molecule has 0 saturated heterocycles. The fourth-order valence-corrected chi connectivity index (χ4v) is 2.60. The summed E-state index contributed by atoms with van der Waals surface area (Å²) in [7, 11) is 4.03. The second-order valence-electron chi connectivity index (χ2n) is 4.92. The van der Waals surface area contributed by atoms with Gasteiger partial charge in [-0.2, -0.15) is 0 Å². The van der Waals surface area contributed by atoms with E-state index < -0.39 is 0 Å². The van der Waals surface area contributed by atoms with Gasteiger partial charge in [0.2, 0.25) is 5.91 Å². The normalized spacial score (nSPS) is 10.3. The third-order valence-electron chi connectivity index (χ3n) is 3.12. The van der Waals surface area contributed by atoms with Crippen LogP contribution in [0.15, 0.2) is 41.8 Å². The van der Waals surface area contributed by atoms with E-state index in [9.17, 15) is 4.79 Å². The lowest BCUT2D eigenvalue weighted by Gasteiger charge is -2.12. The van der Waals surface area contributed by atoms with Gasteiger partial charge in [-0.05, 0) is 35.6 Å². The number of benzene rings is 1. The van der Waals surface area contributed by atoms with Crippen molar-refractivity contribution in [2.45, 2.75) is 19.4 Å². The molecule has 2 aromatic rings. The number of thiophene rings is 1. The highest BCUT2D eigenvalue weighted by Crippen LogP contribution is 2.13. The lowest BCUT2D eigenvalue weighted by Crippen LogP contribution is -2.22. The highest BCUT2D eigenvalue weighted by atomic mass is 32.1. The van der Waals surface area contributed by atoms with Crippen LogP contribution >= 0.6 is 11.3 Å². The Balaban J connectivity index is 1.75. The largest absolute Gasteiger partial charge is 0.378 e. The zero-order chi connectivity index (χ0) is 14.4. The zero-order valence-corrected chi connectivity index (χ0v) is 12.7. The van der Waals surface area contributed by atoms with Gasteiger partial charge < -0.3 is 10.2 Å². The second-order valence-corrected chi connectivity index (χ2v) is 5.95. The molecule has 0 aliphatic rings. The van der Waals surface area contributed by atoms with E-state index in [1.54, 1.807) is 11.3 Å². The van der Waals surface area contributed by atoms with Crippen molar-refractivity contribution >= 4 is 22.9 Å². The molecule has 0 fully saturated rings. The van der Waals surface area contributed by atoms with Crippen LogP contribution in [0.2, 0.25) is 0 Å². The average Bonchev–Trinajstić information content (AvgIpc) is 2.96. The first-order chi connectivity index (χ1) is 9.65. The number of hydrogen-bond donors (Lipinski definition) is 1. The van der Waals surface area contributed by atoms with Gasteiger partial charge >= 0.3 is 0 Å². The van der Waals surface area contributed by atoms with Crippen LogP contribution in [0.3, 0.4) is 0 Å². The maximum atomic E-state index is 11.8. The predicted octanol–water partition coefficient (Wildman–Crippen LogP) is 3.06. The monoisotopic (exact) mass is 288 g/mol. The Bertz CT molecular complexity index is 532. The van der Waals surface area contributed by atoms with E-state index in [2.05, 4.69) is 40.5 Å². The van der Waals surface area contributed by atoms with Crippen molar-refractivity contribution in [3.63, 3.8) is 0 Å². The van der Waals surface area contributed by atoms with Crippen molar-refractivity contribution in [1.29, 1.82) is 0 Å². The molecule has 2 rings (SSSR count). The van der Waals surface area contributed by atoms with E-state index in [-0.39, 0.29) is 5.91 Å². The molecule has 1 heterocycles. The van der Waals surface area contributed by atoms with Crippen molar-refractivity contribution in [3.05, 3.63) is 52.2 Å². The van der Waals surface area contributed by atoms with Gasteiger partial charge in [0.1, 0.15) is 0 Å². The predicted molar refractivity (Wildman–Crippen MR) is 85.3 cm³/mol. The molecule has 0 atom stereocenters. The maximum Gasteiger partial charge on any atom is 0.220 e. The first-order valence-corrected chi connectivity index (χ1v) is 7.58. The van der Waals surface area contributed by atoms with Crippen molar-refractivity contribution in [2.24, 2.45) is 0 Å². The Morgan fingerprint density at radius 2 is 1.95 bits per heavy atom. The highest BCUT2D eigenvalue weighted by molar-refractivity contribution is 7.09. The minimum Gasteiger partial charge on any atom is -0.378 e.